The smallest absolute Gasteiger partial charge is 0.293 e. The fraction of sp³-hybridized carbons (Fsp3) is 0.100. The van der Waals surface area contributed by atoms with Gasteiger partial charge < -0.3 is 9.88 Å². The van der Waals surface area contributed by atoms with Crippen LogP contribution >= 0.6 is 0 Å². The average Bonchev–Trinajstić information content (AvgIpc) is 2.65. The van der Waals surface area contributed by atoms with Crippen molar-refractivity contribution in [2.45, 2.75) is 13.5 Å². The highest BCUT2D eigenvalue weighted by atomic mass is 16.6. The highest BCUT2D eigenvalue weighted by molar-refractivity contribution is 6.05. The Balaban J connectivity index is 1.89. The summed E-state index contributed by atoms with van der Waals surface area (Å²) in [5.74, 6) is -0.686. The minimum absolute atomic E-state index is 0.0495. The Morgan fingerprint density at radius 1 is 1.11 bits per heavy atom. The maximum atomic E-state index is 12.6. The third kappa shape index (κ3) is 4.09. The molecule has 0 fully saturated rings. The lowest BCUT2D eigenvalue weighted by molar-refractivity contribution is -0.384. The van der Waals surface area contributed by atoms with E-state index in [-0.39, 0.29) is 16.9 Å². The van der Waals surface area contributed by atoms with Crippen molar-refractivity contribution in [2.75, 3.05) is 5.32 Å². The van der Waals surface area contributed by atoms with Crippen molar-refractivity contribution < 1.29 is 9.72 Å². The number of aromatic nitrogens is 1. The largest absolute Gasteiger partial charge is 0.316 e. The first-order valence-corrected chi connectivity index (χ1v) is 8.25. The van der Waals surface area contributed by atoms with Gasteiger partial charge in [0, 0.05) is 12.3 Å². The van der Waals surface area contributed by atoms with Gasteiger partial charge in [-0.2, -0.15) is 0 Å². The van der Waals surface area contributed by atoms with Crippen LogP contribution in [0.25, 0.3) is 0 Å². The van der Waals surface area contributed by atoms with Crippen molar-refractivity contribution in [1.82, 2.24) is 4.57 Å². The summed E-state index contributed by atoms with van der Waals surface area (Å²) < 4.78 is 1.42. The van der Waals surface area contributed by atoms with Gasteiger partial charge in [0.1, 0.15) is 11.3 Å². The molecule has 1 N–H and O–H groups in total. The van der Waals surface area contributed by atoms with E-state index in [4.69, 9.17) is 0 Å². The number of carbonyl (C=O) groups is 1. The van der Waals surface area contributed by atoms with Crippen LogP contribution in [0.15, 0.2) is 71.7 Å². The van der Waals surface area contributed by atoms with E-state index >= 15 is 0 Å². The van der Waals surface area contributed by atoms with Gasteiger partial charge in [-0.25, -0.2) is 0 Å². The molecule has 1 aromatic heterocycles. The lowest BCUT2D eigenvalue weighted by atomic mass is 10.1. The summed E-state index contributed by atoms with van der Waals surface area (Å²) in [6.45, 7) is 2.05. The van der Waals surface area contributed by atoms with Gasteiger partial charge in [0.25, 0.3) is 17.2 Å². The second-order valence-electron chi connectivity index (χ2n) is 6.07. The van der Waals surface area contributed by atoms with Crippen molar-refractivity contribution in [1.29, 1.82) is 0 Å². The number of hydrogen-bond donors (Lipinski definition) is 1. The van der Waals surface area contributed by atoms with E-state index in [0.29, 0.717) is 12.1 Å². The van der Waals surface area contributed by atoms with Gasteiger partial charge in [0.2, 0.25) is 0 Å². The minimum Gasteiger partial charge on any atom is -0.316 e. The number of pyridine rings is 1. The summed E-state index contributed by atoms with van der Waals surface area (Å²) in [5.41, 5.74) is 0.908. The second kappa shape index (κ2) is 7.65. The number of anilines is 1. The zero-order valence-corrected chi connectivity index (χ0v) is 14.6. The van der Waals surface area contributed by atoms with E-state index < -0.39 is 16.4 Å². The number of nitro groups is 1. The number of rotatable bonds is 5. The molecule has 7 nitrogen and oxygen atoms in total. The van der Waals surface area contributed by atoms with E-state index in [0.717, 1.165) is 5.56 Å². The summed E-state index contributed by atoms with van der Waals surface area (Å²) in [6, 6.07) is 16.9. The van der Waals surface area contributed by atoms with Gasteiger partial charge in [-0.1, -0.05) is 36.4 Å². The molecular weight excluding hydrogens is 346 g/mol. The van der Waals surface area contributed by atoms with Gasteiger partial charge in [-0.15, -0.1) is 0 Å². The summed E-state index contributed by atoms with van der Waals surface area (Å²) in [4.78, 5) is 35.8. The third-order valence-electron chi connectivity index (χ3n) is 4.06. The van der Waals surface area contributed by atoms with Gasteiger partial charge in [-0.05, 0) is 36.2 Å². The van der Waals surface area contributed by atoms with Crippen LogP contribution < -0.4 is 10.9 Å². The fourth-order valence-corrected chi connectivity index (χ4v) is 2.70. The highest BCUT2D eigenvalue weighted by Crippen LogP contribution is 2.25. The van der Waals surface area contributed by atoms with Crippen LogP contribution in [0.4, 0.5) is 11.4 Å². The Hall–Kier alpha value is -3.74. The molecule has 3 rings (SSSR count). The first-order chi connectivity index (χ1) is 13.0. The Kier molecular flexibility index (Phi) is 5.12. The second-order valence-corrected chi connectivity index (χ2v) is 6.07. The van der Waals surface area contributed by atoms with Crippen LogP contribution in [-0.2, 0) is 6.54 Å². The van der Waals surface area contributed by atoms with Crippen LogP contribution in [0.1, 0.15) is 21.5 Å². The molecule has 3 aromatic rings. The molecule has 7 heteroatoms. The molecule has 0 aliphatic carbocycles. The molecule has 2 aromatic carbocycles. The maximum Gasteiger partial charge on any atom is 0.293 e. The van der Waals surface area contributed by atoms with E-state index in [1.165, 1.54) is 22.8 Å². The molecule has 1 amide bonds. The number of aryl methyl sites for hydroxylation is 1. The average molecular weight is 363 g/mol. The van der Waals surface area contributed by atoms with Crippen molar-refractivity contribution in [3.8, 4) is 0 Å². The molecule has 1 heterocycles. The standard InChI is InChI=1S/C20H17N3O4/c1-14-9-10-17(18(12-14)23(26)27)21-19(24)16-8-5-11-22(20(16)25)13-15-6-3-2-4-7-15/h2-12H,13H2,1H3,(H,21,24). The van der Waals surface area contributed by atoms with Gasteiger partial charge in [0.05, 0.1) is 11.5 Å². The number of amides is 1. The highest BCUT2D eigenvalue weighted by Gasteiger charge is 2.19. The molecule has 0 spiro atoms. The van der Waals surface area contributed by atoms with Crippen LogP contribution in [0.2, 0.25) is 0 Å². The Labute approximate surface area is 155 Å². The van der Waals surface area contributed by atoms with Crippen molar-refractivity contribution in [3.05, 3.63) is 104 Å². The van der Waals surface area contributed by atoms with E-state index in [1.54, 1.807) is 25.3 Å². The number of hydrogen-bond acceptors (Lipinski definition) is 4. The predicted molar refractivity (Wildman–Crippen MR) is 102 cm³/mol. The zero-order chi connectivity index (χ0) is 19.4. The number of nitrogens with one attached hydrogen (secondary N) is 1. The lowest BCUT2D eigenvalue weighted by Gasteiger charge is -2.09. The van der Waals surface area contributed by atoms with Gasteiger partial charge in [0.15, 0.2) is 0 Å². The van der Waals surface area contributed by atoms with Crippen LogP contribution in [0.5, 0.6) is 0 Å². The third-order valence-corrected chi connectivity index (χ3v) is 4.06. The molecule has 0 atom stereocenters. The van der Waals surface area contributed by atoms with E-state index in [1.807, 2.05) is 30.3 Å². The molecule has 0 radical (unpaired) electrons. The van der Waals surface area contributed by atoms with Crippen LogP contribution in [0.3, 0.4) is 0 Å². The number of benzene rings is 2. The molecule has 0 aliphatic heterocycles. The Morgan fingerprint density at radius 3 is 2.56 bits per heavy atom. The van der Waals surface area contributed by atoms with Crippen LogP contribution in [0, 0.1) is 17.0 Å². The van der Waals surface area contributed by atoms with Crippen molar-refractivity contribution in [3.63, 3.8) is 0 Å². The molecule has 0 bridgehead atoms. The summed E-state index contributed by atoms with van der Waals surface area (Å²) in [6.07, 6.45) is 1.60. The van der Waals surface area contributed by atoms with Gasteiger partial charge in [-0.3, -0.25) is 19.7 Å². The number of nitrogens with zero attached hydrogens (tertiary/aromatic N) is 2. The van der Waals surface area contributed by atoms with Crippen molar-refractivity contribution >= 4 is 17.3 Å². The summed E-state index contributed by atoms with van der Waals surface area (Å²) in [7, 11) is 0. The maximum absolute atomic E-state index is 12.6. The Bertz CT molecular complexity index is 1060. The molecule has 0 saturated carbocycles. The quantitative estimate of drug-likeness (QED) is 0.555. The minimum atomic E-state index is -0.686. The van der Waals surface area contributed by atoms with E-state index in [9.17, 15) is 19.7 Å². The Morgan fingerprint density at radius 2 is 1.85 bits per heavy atom. The first-order valence-electron chi connectivity index (χ1n) is 8.25. The lowest BCUT2D eigenvalue weighted by Crippen LogP contribution is -2.29. The fourth-order valence-electron chi connectivity index (χ4n) is 2.70. The molecule has 0 aliphatic rings. The SMILES string of the molecule is Cc1ccc(NC(=O)c2cccn(Cc3ccccc3)c2=O)c([N+](=O)[O-])c1. The summed E-state index contributed by atoms with van der Waals surface area (Å²) in [5, 5.41) is 13.7. The topological polar surface area (TPSA) is 94.2 Å². The summed E-state index contributed by atoms with van der Waals surface area (Å²) >= 11 is 0. The predicted octanol–water partition coefficient (Wildman–Crippen LogP) is 3.37. The molecular formula is C20H17N3O4. The zero-order valence-electron chi connectivity index (χ0n) is 14.6. The normalized spacial score (nSPS) is 10.4. The molecule has 136 valence electrons. The number of carbonyl (C=O) groups excluding carboxylic acids is 1. The van der Waals surface area contributed by atoms with E-state index in [2.05, 4.69) is 5.32 Å². The van der Waals surface area contributed by atoms with Gasteiger partial charge >= 0.3 is 0 Å². The monoisotopic (exact) mass is 363 g/mol. The van der Waals surface area contributed by atoms with Crippen LogP contribution in [-0.4, -0.2) is 15.4 Å². The van der Waals surface area contributed by atoms with Crippen molar-refractivity contribution in [2.24, 2.45) is 0 Å². The first kappa shape index (κ1) is 18.1. The molecule has 0 saturated heterocycles. The molecule has 27 heavy (non-hydrogen) atoms. The molecule has 0 unspecified atom stereocenters. The number of nitro benzene ring substituents is 1.